The van der Waals surface area contributed by atoms with Crippen molar-refractivity contribution < 1.29 is 5.11 Å². The molecule has 1 aliphatic rings. The van der Waals surface area contributed by atoms with Crippen molar-refractivity contribution in [2.24, 2.45) is 5.92 Å². The number of fused-ring (bicyclic) bond motifs is 5. The molecule has 128 valence electrons. The molecule has 5 rings (SSSR count). The third-order valence-electron chi connectivity index (χ3n) is 5.67. The molecule has 0 saturated carbocycles. The molecular weight excluding hydrogens is 318 g/mol. The zero-order chi connectivity index (χ0) is 17.7. The molecule has 1 aliphatic carbocycles. The Labute approximate surface area is 153 Å². The van der Waals surface area contributed by atoms with E-state index in [0.717, 1.165) is 29.6 Å². The zero-order valence-corrected chi connectivity index (χ0v) is 14.9. The van der Waals surface area contributed by atoms with E-state index in [-0.39, 0.29) is 0 Å². The predicted octanol–water partition coefficient (Wildman–Crippen LogP) is 5.89. The molecule has 0 radical (unpaired) electrons. The Morgan fingerprint density at radius 3 is 2.58 bits per heavy atom. The van der Waals surface area contributed by atoms with Gasteiger partial charge in [-0.2, -0.15) is 0 Å². The van der Waals surface area contributed by atoms with Crippen LogP contribution >= 0.6 is 0 Å². The van der Waals surface area contributed by atoms with Crippen LogP contribution in [0.15, 0.2) is 60.7 Å². The van der Waals surface area contributed by atoms with Crippen LogP contribution in [0, 0.1) is 5.92 Å². The van der Waals surface area contributed by atoms with Gasteiger partial charge in [0.25, 0.3) is 0 Å². The summed E-state index contributed by atoms with van der Waals surface area (Å²) in [6.45, 7) is 2.33. The number of aromatic nitrogens is 1. The second-order valence-corrected chi connectivity index (χ2v) is 7.49. The maximum atomic E-state index is 9.65. The van der Waals surface area contributed by atoms with Gasteiger partial charge in [0.15, 0.2) is 0 Å². The molecule has 3 aromatic carbocycles. The van der Waals surface area contributed by atoms with Crippen molar-refractivity contribution in [1.82, 2.24) is 4.98 Å². The number of phenolic OH excluding ortho intramolecular Hbond substituents is 1. The molecule has 0 fully saturated rings. The van der Waals surface area contributed by atoms with E-state index in [4.69, 9.17) is 4.98 Å². The van der Waals surface area contributed by atoms with Crippen molar-refractivity contribution in [1.29, 1.82) is 0 Å². The highest BCUT2D eigenvalue weighted by molar-refractivity contribution is 6.09. The molecule has 0 saturated heterocycles. The fraction of sp³-hybridized carbons (Fsp3) is 0.208. The summed E-state index contributed by atoms with van der Waals surface area (Å²) in [5, 5.41) is 13.6. The second-order valence-electron chi connectivity index (χ2n) is 7.49. The Bertz CT molecular complexity index is 1130. The van der Waals surface area contributed by atoms with E-state index in [1.165, 1.54) is 33.7 Å². The van der Waals surface area contributed by atoms with Crippen molar-refractivity contribution in [3.8, 4) is 17.0 Å². The molecule has 0 amide bonds. The first-order chi connectivity index (χ1) is 12.7. The van der Waals surface area contributed by atoms with E-state index in [9.17, 15) is 5.11 Å². The summed E-state index contributed by atoms with van der Waals surface area (Å²) in [5.74, 6) is 0.968. The number of hydrogen-bond acceptors (Lipinski definition) is 2. The summed E-state index contributed by atoms with van der Waals surface area (Å²) in [6.07, 6.45) is 3.40. The first-order valence-electron chi connectivity index (χ1n) is 9.33. The summed E-state index contributed by atoms with van der Waals surface area (Å²) < 4.78 is 0. The van der Waals surface area contributed by atoms with Crippen LogP contribution < -0.4 is 0 Å². The lowest BCUT2D eigenvalue weighted by Gasteiger charge is -2.26. The Morgan fingerprint density at radius 2 is 1.73 bits per heavy atom. The summed E-state index contributed by atoms with van der Waals surface area (Å²) in [5.41, 5.74) is 6.09. The molecule has 2 nitrogen and oxygen atoms in total. The molecule has 4 aromatic rings. The quantitative estimate of drug-likeness (QED) is 0.439. The highest BCUT2D eigenvalue weighted by atomic mass is 16.3. The number of aryl methyl sites for hydroxylation is 1. The number of nitrogens with zero attached hydrogens (tertiary/aromatic N) is 1. The molecule has 1 N–H and O–H groups in total. The van der Waals surface area contributed by atoms with E-state index in [2.05, 4.69) is 43.3 Å². The second kappa shape index (κ2) is 5.84. The van der Waals surface area contributed by atoms with Crippen molar-refractivity contribution in [2.45, 2.75) is 26.2 Å². The van der Waals surface area contributed by atoms with Gasteiger partial charge in [-0.15, -0.1) is 0 Å². The molecule has 26 heavy (non-hydrogen) atoms. The van der Waals surface area contributed by atoms with Gasteiger partial charge in [0.05, 0.1) is 11.2 Å². The van der Waals surface area contributed by atoms with Crippen LogP contribution in [0.2, 0.25) is 0 Å². The summed E-state index contributed by atoms with van der Waals surface area (Å²) in [6, 6.07) is 20.4. The van der Waals surface area contributed by atoms with E-state index >= 15 is 0 Å². The molecular formula is C24H21NO. The summed E-state index contributed by atoms with van der Waals surface area (Å²) >= 11 is 0. The lowest BCUT2D eigenvalue weighted by Crippen LogP contribution is -2.14. The monoisotopic (exact) mass is 339 g/mol. The number of benzene rings is 3. The maximum absolute atomic E-state index is 9.65. The Balaban J connectivity index is 1.88. The average Bonchev–Trinajstić information content (AvgIpc) is 2.67. The van der Waals surface area contributed by atoms with Gasteiger partial charge in [0, 0.05) is 10.9 Å². The third kappa shape index (κ3) is 2.37. The lowest BCUT2D eigenvalue weighted by atomic mass is 9.80. The highest BCUT2D eigenvalue weighted by Crippen LogP contribution is 2.39. The van der Waals surface area contributed by atoms with Gasteiger partial charge in [0.1, 0.15) is 5.75 Å². The Kier molecular flexibility index (Phi) is 3.46. The van der Waals surface area contributed by atoms with Gasteiger partial charge >= 0.3 is 0 Å². The molecule has 1 atom stereocenters. The van der Waals surface area contributed by atoms with E-state index < -0.39 is 0 Å². The third-order valence-corrected chi connectivity index (χ3v) is 5.67. The van der Waals surface area contributed by atoms with E-state index in [1.807, 2.05) is 12.1 Å². The van der Waals surface area contributed by atoms with Crippen molar-refractivity contribution in [3.05, 3.63) is 71.8 Å². The minimum atomic E-state index is 0.294. The van der Waals surface area contributed by atoms with Crippen LogP contribution in [0.3, 0.4) is 0 Å². The van der Waals surface area contributed by atoms with Crippen LogP contribution in [-0.2, 0) is 12.8 Å². The molecule has 2 heteroatoms. The van der Waals surface area contributed by atoms with Crippen LogP contribution in [0.1, 0.15) is 24.5 Å². The fourth-order valence-corrected chi connectivity index (χ4v) is 4.35. The molecule has 0 bridgehead atoms. The maximum Gasteiger partial charge on any atom is 0.115 e. The van der Waals surface area contributed by atoms with Gasteiger partial charge in [0.2, 0.25) is 0 Å². The fourth-order valence-electron chi connectivity index (χ4n) is 4.35. The van der Waals surface area contributed by atoms with Crippen molar-refractivity contribution in [3.63, 3.8) is 0 Å². The number of hydrogen-bond donors (Lipinski definition) is 1. The Morgan fingerprint density at radius 1 is 0.923 bits per heavy atom. The largest absolute Gasteiger partial charge is 0.508 e. The number of phenols is 1. The van der Waals surface area contributed by atoms with Crippen LogP contribution in [-0.4, -0.2) is 10.1 Å². The standard InChI is InChI=1S/C24H21NO/c1-15-6-12-20-21(14-15)24(17-7-10-18(26)11-8-17)25-22-13-9-16-4-2-3-5-19(16)23(20)22/h2-5,7-11,13,15,26H,6,12,14H2,1H3/t15-/m1/s1. The van der Waals surface area contributed by atoms with E-state index in [1.54, 1.807) is 12.1 Å². The smallest absolute Gasteiger partial charge is 0.115 e. The van der Waals surface area contributed by atoms with Crippen LogP contribution in [0.5, 0.6) is 5.75 Å². The highest BCUT2D eigenvalue weighted by Gasteiger charge is 2.23. The van der Waals surface area contributed by atoms with E-state index in [0.29, 0.717) is 11.7 Å². The first kappa shape index (κ1) is 15.4. The normalized spacial score (nSPS) is 16.7. The SMILES string of the molecule is C[C@@H]1CCc2c(c(-c3ccc(O)cc3)nc3ccc4ccccc4c23)C1. The number of rotatable bonds is 1. The van der Waals surface area contributed by atoms with Gasteiger partial charge in [-0.3, -0.25) is 0 Å². The molecule has 0 aliphatic heterocycles. The minimum absolute atomic E-state index is 0.294. The molecule has 1 heterocycles. The number of pyridine rings is 1. The van der Waals surface area contributed by atoms with Gasteiger partial charge in [-0.1, -0.05) is 37.3 Å². The van der Waals surface area contributed by atoms with Gasteiger partial charge in [-0.25, -0.2) is 4.98 Å². The average molecular weight is 339 g/mol. The van der Waals surface area contributed by atoms with Crippen molar-refractivity contribution in [2.75, 3.05) is 0 Å². The van der Waals surface area contributed by atoms with Gasteiger partial charge < -0.3 is 5.11 Å². The van der Waals surface area contributed by atoms with Crippen LogP contribution in [0.25, 0.3) is 32.9 Å². The topological polar surface area (TPSA) is 33.1 Å². The zero-order valence-electron chi connectivity index (χ0n) is 14.9. The predicted molar refractivity (Wildman–Crippen MR) is 108 cm³/mol. The minimum Gasteiger partial charge on any atom is -0.508 e. The lowest BCUT2D eigenvalue weighted by molar-refractivity contribution is 0.475. The number of aromatic hydroxyl groups is 1. The van der Waals surface area contributed by atoms with Gasteiger partial charge in [-0.05, 0) is 77.4 Å². The Hall–Kier alpha value is -2.87. The first-order valence-corrected chi connectivity index (χ1v) is 9.33. The molecule has 0 unspecified atom stereocenters. The molecule has 1 aromatic heterocycles. The summed E-state index contributed by atoms with van der Waals surface area (Å²) in [7, 11) is 0. The van der Waals surface area contributed by atoms with Crippen molar-refractivity contribution >= 4 is 21.7 Å². The molecule has 0 spiro atoms. The summed E-state index contributed by atoms with van der Waals surface area (Å²) in [4.78, 5) is 5.09. The van der Waals surface area contributed by atoms with Crippen LogP contribution in [0.4, 0.5) is 0 Å².